The first-order valence-electron chi connectivity index (χ1n) is 5.85. The van der Waals surface area contributed by atoms with Gasteiger partial charge in [0.15, 0.2) is 6.29 Å². The van der Waals surface area contributed by atoms with Gasteiger partial charge in [-0.2, -0.15) is 0 Å². The Bertz CT molecular complexity index is 862. The second-order valence-corrected chi connectivity index (χ2v) is 4.80. The van der Waals surface area contributed by atoms with Gasteiger partial charge in [-0.15, -0.1) is 0 Å². The number of anilines is 1. The average Bonchev–Trinajstić information content (AvgIpc) is 2.78. The summed E-state index contributed by atoms with van der Waals surface area (Å²) in [5.41, 5.74) is 7.67. The highest BCUT2D eigenvalue weighted by Crippen LogP contribution is 2.28. The smallest absolute Gasteiger partial charge is 0.259 e. The van der Waals surface area contributed by atoms with Crippen molar-refractivity contribution in [3.05, 3.63) is 57.5 Å². The standard InChI is InChI=1S/C14H10ClN3O2/c15-10-3-1-8(2-4-10)13-9(7-19)6-18-12(20)5-11(16)17-14(13)18/h1-7,17H,16H2. The van der Waals surface area contributed by atoms with Crippen LogP contribution in [0, 0.1) is 0 Å². The summed E-state index contributed by atoms with van der Waals surface area (Å²) in [7, 11) is 0. The van der Waals surface area contributed by atoms with E-state index in [0.717, 1.165) is 5.56 Å². The number of nitrogen functional groups attached to an aromatic ring is 1. The molecule has 0 aliphatic heterocycles. The largest absolute Gasteiger partial charge is 0.385 e. The lowest BCUT2D eigenvalue weighted by atomic mass is 10.1. The summed E-state index contributed by atoms with van der Waals surface area (Å²) >= 11 is 5.86. The van der Waals surface area contributed by atoms with Crippen molar-refractivity contribution in [3.8, 4) is 11.1 Å². The Kier molecular flexibility index (Phi) is 2.84. The number of nitrogens with one attached hydrogen (secondary N) is 1. The molecule has 1 aromatic carbocycles. The summed E-state index contributed by atoms with van der Waals surface area (Å²) in [6.07, 6.45) is 2.20. The first-order valence-corrected chi connectivity index (χ1v) is 6.23. The van der Waals surface area contributed by atoms with E-state index in [1.165, 1.54) is 16.7 Å². The molecule has 0 amide bonds. The lowest BCUT2D eigenvalue weighted by Crippen LogP contribution is -2.13. The average molecular weight is 288 g/mol. The number of carbonyl (C=O) groups is 1. The fraction of sp³-hybridized carbons (Fsp3) is 0. The molecule has 2 aromatic heterocycles. The van der Waals surface area contributed by atoms with Crippen LogP contribution < -0.4 is 11.3 Å². The van der Waals surface area contributed by atoms with Crippen molar-refractivity contribution in [1.29, 1.82) is 0 Å². The fourth-order valence-electron chi connectivity index (χ4n) is 2.21. The quantitative estimate of drug-likeness (QED) is 0.710. The van der Waals surface area contributed by atoms with Crippen molar-refractivity contribution in [2.24, 2.45) is 0 Å². The van der Waals surface area contributed by atoms with Crippen molar-refractivity contribution in [2.45, 2.75) is 0 Å². The van der Waals surface area contributed by atoms with E-state index in [2.05, 4.69) is 4.98 Å². The molecular formula is C14H10ClN3O2. The Morgan fingerprint density at radius 3 is 2.60 bits per heavy atom. The maximum absolute atomic E-state index is 11.9. The van der Waals surface area contributed by atoms with Gasteiger partial charge in [0.25, 0.3) is 5.56 Å². The summed E-state index contributed by atoms with van der Waals surface area (Å²) in [4.78, 5) is 26.1. The maximum atomic E-state index is 11.9. The van der Waals surface area contributed by atoms with Gasteiger partial charge < -0.3 is 10.7 Å². The van der Waals surface area contributed by atoms with E-state index < -0.39 is 0 Å². The zero-order chi connectivity index (χ0) is 14.3. The number of hydrogen-bond donors (Lipinski definition) is 2. The Morgan fingerprint density at radius 2 is 1.95 bits per heavy atom. The molecule has 0 spiro atoms. The minimum atomic E-state index is -0.292. The lowest BCUT2D eigenvalue weighted by molar-refractivity contribution is 0.112. The zero-order valence-corrected chi connectivity index (χ0v) is 11.0. The van der Waals surface area contributed by atoms with E-state index in [1.807, 2.05) is 0 Å². The second kappa shape index (κ2) is 4.54. The Labute approximate surface area is 118 Å². The van der Waals surface area contributed by atoms with Gasteiger partial charge >= 0.3 is 0 Å². The first-order chi connectivity index (χ1) is 9.60. The van der Waals surface area contributed by atoms with Gasteiger partial charge in [-0.25, -0.2) is 0 Å². The van der Waals surface area contributed by atoms with Gasteiger partial charge in [0, 0.05) is 28.4 Å². The number of fused-ring (bicyclic) bond motifs is 1. The van der Waals surface area contributed by atoms with Crippen LogP contribution >= 0.6 is 11.6 Å². The molecule has 2 heterocycles. The predicted molar refractivity (Wildman–Crippen MR) is 78.3 cm³/mol. The number of H-pyrrole nitrogens is 1. The van der Waals surface area contributed by atoms with Gasteiger partial charge in [-0.3, -0.25) is 14.0 Å². The van der Waals surface area contributed by atoms with Gasteiger partial charge in [0.2, 0.25) is 0 Å². The predicted octanol–water partition coefficient (Wildman–Crippen LogP) is 2.34. The highest BCUT2D eigenvalue weighted by Gasteiger charge is 2.14. The highest BCUT2D eigenvalue weighted by atomic mass is 35.5. The van der Waals surface area contributed by atoms with Crippen LogP contribution in [0.2, 0.25) is 5.02 Å². The van der Waals surface area contributed by atoms with Crippen LogP contribution in [0.1, 0.15) is 10.4 Å². The minimum Gasteiger partial charge on any atom is -0.385 e. The third-order valence-electron chi connectivity index (χ3n) is 3.07. The second-order valence-electron chi connectivity index (χ2n) is 4.37. The van der Waals surface area contributed by atoms with Crippen molar-refractivity contribution in [1.82, 2.24) is 9.38 Å². The molecule has 5 nitrogen and oxygen atoms in total. The lowest BCUT2D eigenvalue weighted by Gasteiger charge is -2.03. The molecule has 3 aromatic rings. The molecule has 0 aliphatic rings. The molecule has 6 heteroatoms. The number of carbonyl (C=O) groups excluding carboxylic acids is 1. The van der Waals surface area contributed by atoms with Gasteiger partial charge in [-0.05, 0) is 17.7 Å². The number of hydrogen-bond acceptors (Lipinski definition) is 3. The van der Waals surface area contributed by atoms with Gasteiger partial charge in [-0.1, -0.05) is 23.7 Å². The molecule has 0 atom stereocenters. The normalized spacial score (nSPS) is 10.8. The van der Waals surface area contributed by atoms with Crippen molar-refractivity contribution in [3.63, 3.8) is 0 Å². The molecule has 0 unspecified atom stereocenters. The summed E-state index contributed by atoms with van der Waals surface area (Å²) in [6, 6.07) is 8.28. The number of aldehydes is 1. The number of rotatable bonds is 2. The molecule has 0 fully saturated rings. The van der Waals surface area contributed by atoms with E-state index in [1.54, 1.807) is 24.3 Å². The van der Waals surface area contributed by atoms with Gasteiger partial charge in [0.05, 0.1) is 0 Å². The number of halogens is 1. The summed E-state index contributed by atoms with van der Waals surface area (Å²) in [6.45, 7) is 0. The first kappa shape index (κ1) is 12.5. The van der Waals surface area contributed by atoms with Crippen molar-refractivity contribution < 1.29 is 4.79 Å². The number of benzene rings is 1. The third kappa shape index (κ3) is 1.88. The van der Waals surface area contributed by atoms with E-state index in [-0.39, 0.29) is 11.4 Å². The molecule has 0 radical (unpaired) electrons. The zero-order valence-electron chi connectivity index (χ0n) is 10.3. The third-order valence-corrected chi connectivity index (χ3v) is 3.33. The summed E-state index contributed by atoms with van der Waals surface area (Å²) in [5.74, 6) is 0.244. The van der Waals surface area contributed by atoms with Crippen LogP contribution in [0.4, 0.5) is 5.82 Å². The molecule has 100 valence electrons. The number of nitrogens with two attached hydrogens (primary N) is 1. The fourth-order valence-corrected chi connectivity index (χ4v) is 2.33. The molecule has 3 rings (SSSR count). The summed E-state index contributed by atoms with van der Waals surface area (Å²) < 4.78 is 1.37. The topological polar surface area (TPSA) is 80.4 Å². The SMILES string of the molecule is Nc1cc(=O)n2cc(C=O)c(-c3ccc(Cl)cc3)c2[nH]1. The number of aromatic amines is 1. The maximum Gasteiger partial charge on any atom is 0.259 e. The number of aromatic nitrogens is 2. The molecule has 0 saturated heterocycles. The Balaban J connectivity index is 2.41. The van der Waals surface area contributed by atoms with E-state index in [0.29, 0.717) is 28.1 Å². The number of nitrogens with zero attached hydrogens (tertiary/aromatic N) is 1. The van der Waals surface area contributed by atoms with Crippen LogP contribution in [0.3, 0.4) is 0 Å². The van der Waals surface area contributed by atoms with E-state index >= 15 is 0 Å². The minimum absolute atomic E-state index is 0.244. The van der Waals surface area contributed by atoms with E-state index in [4.69, 9.17) is 17.3 Å². The highest BCUT2D eigenvalue weighted by molar-refractivity contribution is 6.30. The van der Waals surface area contributed by atoms with Gasteiger partial charge in [0.1, 0.15) is 11.5 Å². The Hall–Kier alpha value is -2.53. The van der Waals surface area contributed by atoms with E-state index in [9.17, 15) is 9.59 Å². The molecular weight excluding hydrogens is 278 g/mol. The molecule has 0 bridgehead atoms. The van der Waals surface area contributed by atoms with Crippen LogP contribution in [-0.2, 0) is 0 Å². The van der Waals surface area contributed by atoms with Crippen LogP contribution in [0.25, 0.3) is 16.8 Å². The van der Waals surface area contributed by atoms with Crippen molar-refractivity contribution >= 4 is 29.4 Å². The summed E-state index contributed by atoms with van der Waals surface area (Å²) in [5, 5.41) is 0.595. The van der Waals surface area contributed by atoms with Crippen LogP contribution in [-0.4, -0.2) is 15.7 Å². The monoisotopic (exact) mass is 287 g/mol. The van der Waals surface area contributed by atoms with Crippen LogP contribution in [0.5, 0.6) is 0 Å². The molecule has 0 saturated carbocycles. The molecule has 3 N–H and O–H groups in total. The van der Waals surface area contributed by atoms with Crippen molar-refractivity contribution in [2.75, 3.05) is 5.73 Å². The molecule has 0 aliphatic carbocycles. The molecule has 20 heavy (non-hydrogen) atoms. The van der Waals surface area contributed by atoms with Crippen LogP contribution in [0.15, 0.2) is 41.3 Å². The Morgan fingerprint density at radius 1 is 1.25 bits per heavy atom.